The molecule has 0 radical (unpaired) electrons. The number of piperazine rings is 1. The van der Waals surface area contributed by atoms with E-state index in [2.05, 4.69) is 81.7 Å². The summed E-state index contributed by atoms with van der Waals surface area (Å²) in [6.45, 7) is 14.0. The van der Waals surface area contributed by atoms with E-state index < -0.39 is 28.9 Å². The van der Waals surface area contributed by atoms with E-state index in [9.17, 15) is 27.4 Å². The first-order valence-electron chi connectivity index (χ1n) is 27.2. The Bertz CT molecular complexity index is 3450. The van der Waals surface area contributed by atoms with Crippen LogP contribution >= 0.6 is 23.1 Å². The second-order valence-electron chi connectivity index (χ2n) is 21.5. The molecule has 4 fully saturated rings. The Morgan fingerprint density at radius 1 is 0.861 bits per heavy atom. The van der Waals surface area contributed by atoms with Gasteiger partial charge in [0.25, 0.3) is 0 Å². The molecule has 3 aliphatic heterocycles. The van der Waals surface area contributed by atoms with Gasteiger partial charge >= 0.3 is 6.03 Å². The number of pyridine rings is 1. The number of aromatic nitrogens is 3. The summed E-state index contributed by atoms with van der Waals surface area (Å²) in [6.07, 6.45) is 7.42. The Hall–Kier alpha value is -6.44. The molecule has 6 aromatic rings. The number of rotatable bonds is 17. The molecule has 5 heterocycles. The smallest absolute Gasteiger partial charge is 0.324 e. The van der Waals surface area contributed by atoms with E-state index in [1.54, 1.807) is 50.5 Å². The number of fused-ring (bicyclic) bond motifs is 1. The first-order chi connectivity index (χ1) is 37.8. The normalized spacial score (nSPS) is 17.9. The second kappa shape index (κ2) is 23.3. The van der Waals surface area contributed by atoms with Gasteiger partial charge in [-0.1, -0.05) is 47.1 Å². The number of piperidine rings is 2. The van der Waals surface area contributed by atoms with Gasteiger partial charge in [-0.05, 0) is 131 Å². The van der Waals surface area contributed by atoms with Crippen LogP contribution in [0, 0.1) is 6.92 Å². The van der Waals surface area contributed by atoms with Crippen molar-refractivity contribution >= 4 is 101 Å². The average Bonchev–Trinajstić information content (AvgIpc) is 4.33. The van der Waals surface area contributed by atoms with Gasteiger partial charge < -0.3 is 34.6 Å². The summed E-state index contributed by atoms with van der Waals surface area (Å²) in [4.78, 5) is 62.6. The Kier molecular flexibility index (Phi) is 16.5. The molecule has 21 heteroatoms. The summed E-state index contributed by atoms with van der Waals surface area (Å²) in [5, 5.41) is 10.3. The lowest BCUT2D eigenvalue weighted by Gasteiger charge is -2.43. The van der Waals surface area contributed by atoms with Gasteiger partial charge in [0.05, 0.1) is 34.1 Å². The van der Waals surface area contributed by atoms with Crippen molar-refractivity contribution in [2.24, 2.45) is 0 Å². The molecule has 3 N–H and O–H groups in total. The SMILES string of the molecule is CCc1cc(Nc2ncc(S(=O)(=O)c3ccc(Br)cc3)c(Nc3ccc4nc(C)ccc4c3P(C)(C)=O)n2)c(OC2CC2)cc1N1CCC(N2CCN(CCc3ccccc3N(C)C(=O)N(C)C3CCC(=O)NC3=O)CC2)CC1. The van der Waals surface area contributed by atoms with Crippen molar-refractivity contribution in [3.05, 3.63) is 112 Å². The summed E-state index contributed by atoms with van der Waals surface area (Å²) in [5.41, 5.74) is 6.78. The van der Waals surface area contributed by atoms with Crippen molar-refractivity contribution < 1.29 is 32.1 Å². The lowest BCUT2D eigenvalue weighted by molar-refractivity contribution is -0.136. The third-order valence-electron chi connectivity index (χ3n) is 15.6. The van der Waals surface area contributed by atoms with Gasteiger partial charge in [0.1, 0.15) is 23.8 Å². The molecule has 1 saturated carbocycles. The third kappa shape index (κ3) is 12.5. The predicted octanol–water partition coefficient (Wildman–Crippen LogP) is 8.89. The van der Waals surface area contributed by atoms with Crippen LogP contribution in [0.15, 0.2) is 105 Å². The minimum atomic E-state index is -4.15. The molecule has 18 nitrogen and oxygen atoms in total. The van der Waals surface area contributed by atoms with Crippen molar-refractivity contribution in [1.29, 1.82) is 0 Å². The van der Waals surface area contributed by atoms with Gasteiger partial charge in [-0.3, -0.25) is 29.7 Å². The van der Waals surface area contributed by atoms with Crippen LogP contribution < -0.4 is 35.8 Å². The number of carbonyl (C=O) groups excluding carboxylic acids is 3. The van der Waals surface area contributed by atoms with Gasteiger partial charge in [0, 0.05) is 111 Å². The largest absolute Gasteiger partial charge is 0.488 e. The molecule has 1 atom stereocenters. The zero-order valence-corrected chi connectivity index (χ0v) is 49.0. The number of para-hydroxylation sites is 1. The molecule has 4 aliphatic rings. The number of hydrogen-bond donors (Lipinski definition) is 3. The summed E-state index contributed by atoms with van der Waals surface area (Å²) in [6, 6.07) is 25.5. The molecule has 0 bridgehead atoms. The number of likely N-dealkylation sites (N-methyl/N-ethyl adjacent to an activating group) is 1. The van der Waals surface area contributed by atoms with Crippen LogP contribution in [0.5, 0.6) is 5.75 Å². The molecular formula is C58H69BrN11O7PS. The summed E-state index contributed by atoms with van der Waals surface area (Å²) >= 11 is 3.42. The summed E-state index contributed by atoms with van der Waals surface area (Å²) in [5.74, 6) is 0.105. The number of imide groups is 1. The monoisotopic (exact) mass is 1170 g/mol. The van der Waals surface area contributed by atoms with Crippen molar-refractivity contribution in [2.45, 2.75) is 93.2 Å². The molecule has 79 heavy (non-hydrogen) atoms. The molecule has 416 valence electrons. The molecule has 1 aliphatic carbocycles. The maximum atomic E-state index is 14.4. The highest BCUT2D eigenvalue weighted by Gasteiger charge is 2.35. The Labute approximate surface area is 471 Å². The molecule has 3 saturated heterocycles. The number of carbonyl (C=O) groups is 3. The average molecular weight is 1180 g/mol. The minimum absolute atomic E-state index is 0.0223. The fraction of sp³-hybridized carbons (Fsp3) is 0.414. The maximum Gasteiger partial charge on any atom is 0.324 e. The number of benzene rings is 4. The number of urea groups is 1. The number of nitrogens with one attached hydrogen (secondary N) is 3. The van der Waals surface area contributed by atoms with E-state index in [1.807, 2.05) is 43.3 Å². The highest BCUT2D eigenvalue weighted by molar-refractivity contribution is 9.10. The number of nitrogens with zero attached hydrogens (tertiary/aromatic N) is 8. The van der Waals surface area contributed by atoms with E-state index >= 15 is 0 Å². The van der Waals surface area contributed by atoms with E-state index in [0.29, 0.717) is 45.8 Å². The number of anilines is 6. The molecule has 1 unspecified atom stereocenters. The van der Waals surface area contributed by atoms with Crippen LogP contribution in [-0.2, 0) is 36.8 Å². The molecule has 10 rings (SSSR count). The fourth-order valence-electron chi connectivity index (χ4n) is 11.1. The van der Waals surface area contributed by atoms with Crippen LogP contribution in [-0.4, -0.2) is 147 Å². The Morgan fingerprint density at radius 2 is 1.59 bits per heavy atom. The zero-order chi connectivity index (χ0) is 55.8. The van der Waals surface area contributed by atoms with Crippen LogP contribution in [0.2, 0.25) is 0 Å². The van der Waals surface area contributed by atoms with Gasteiger partial charge in [0.15, 0.2) is 5.82 Å². The van der Waals surface area contributed by atoms with Crippen LogP contribution in [0.25, 0.3) is 10.9 Å². The van der Waals surface area contributed by atoms with E-state index in [-0.39, 0.29) is 46.0 Å². The minimum Gasteiger partial charge on any atom is -0.488 e. The van der Waals surface area contributed by atoms with Crippen LogP contribution in [0.1, 0.15) is 62.3 Å². The van der Waals surface area contributed by atoms with Crippen LogP contribution in [0.4, 0.5) is 39.3 Å². The number of halogens is 1. The van der Waals surface area contributed by atoms with E-state index in [1.165, 1.54) is 23.2 Å². The van der Waals surface area contributed by atoms with Crippen molar-refractivity contribution in [3.63, 3.8) is 0 Å². The summed E-state index contributed by atoms with van der Waals surface area (Å²) < 4.78 is 50.3. The van der Waals surface area contributed by atoms with Crippen LogP contribution in [0.3, 0.4) is 0 Å². The van der Waals surface area contributed by atoms with Crippen molar-refractivity contribution in [2.75, 3.05) is 93.7 Å². The standard InChI is InChI=1S/C58H69BrN11O7PS/c1-7-38-34-47(63-57-60-36-52(79(75,76)43-17-13-40(59)14-18-43)55(65-57)62-46-21-20-45-44(19-12-37(2)61-45)54(46)78(5,6)74)51(77-42-15-16-42)35-50(38)70-28-25-41(26-29-70)69-32-30-68(31-33-69)27-24-39-10-8-9-11-48(39)66(3)58(73)67(4)49-22-23-53(71)64-56(49)72/h8-14,17-21,34-36,41-42,49H,7,15-16,22-33H2,1-6H3,(H,64,71,72)(H2,60,62,63,65). The first-order valence-corrected chi connectivity index (χ1v) is 32.1. The van der Waals surface area contributed by atoms with Crippen molar-refractivity contribution in [3.8, 4) is 5.75 Å². The quantitative estimate of drug-likeness (QED) is 0.0577. The second-order valence-corrected chi connectivity index (χ2v) is 27.5. The highest BCUT2D eigenvalue weighted by atomic mass is 79.9. The van der Waals surface area contributed by atoms with Crippen molar-refractivity contribution in [1.82, 2.24) is 35.0 Å². The van der Waals surface area contributed by atoms with Gasteiger partial charge in [-0.25, -0.2) is 18.2 Å². The maximum absolute atomic E-state index is 14.4. The number of ether oxygens (including phenoxy) is 1. The topological polar surface area (TPSA) is 203 Å². The number of hydrogen-bond acceptors (Lipinski definition) is 15. The lowest BCUT2D eigenvalue weighted by Crippen LogP contribution is -2.55. The number of sulfone groups is 1. The Balaban J connectivity index is 0.819. The van der Waals surface area contributed by atoms with E-state index in [4.69, 9.17) is 9.72 Å². The third-order valence-corrected chi connectivity index (χ3v) is 19.5. The lowest BCUT2D eigenvalue weighted by atomic mass is 9.99. The highest BCUT2D eigenvalue weighted by Crippen LogP contribution is 2.44. The summed E-state index contributed by atoms with van der Waals surface area (Å²) in [7, 11) is -3.78. The molecular weight excluding hydrogens is 1110 g/mol. The zero-order valence-electron chi connectivity index (χ0n) is 45.7. The van der Waals surface area contributed by atoms with E-state index in [0.717, 1.165) is 117 Å². The van der Waals surface area contributed by atoms with Gasteiger partial charge in [-0.2, -0.15) is 4.98 Å². The first kappa shape index (κ1) is 55.9. The van der Waals surface area contributed by atoms with Gasteiger partial charge in [-0.15, -0.1) is 0 Å². The molecule has 0 spiro atoms. The van der Waals surface area contributed by atoms with Gasteiger partial charge in [0.2, 0.25) is 27.6 Å². The Morgan fingerprint density at radius 3 is 2.29 bits per heavy atom. The number of amides is 4. The molecule has 4 amide bonds. The number of aryl methyl sites for hydroxylation is 2. The molecule has 4 aromatic carbocycles. The fourth-order valence-corrected chi connectivity index (χ4v) is 14.1. The predicted molar refractivity (Wildman–Crippen MR) is 314 cm³/mol. The molecule has 2 aromatic heterocycles.